The smallest absolute Gasteiger partial charge is 0.202 e. The Balaban J connectivity index is 1.70. The fourth-order valence-electron chi connectivity index (χ4n) is 5.34. The molecule has 3 nitrogen and oxygen atoms in total. The van der Waals surface area contributed by atoms with Crippen molar-refractivity contribution in [3.63, 3.8) is 0 Å². The third-order valence-electron chi connectivity index (χ3n) is 7.77. The molecule has 1 N–H and O–H groups in total. The maximum absolute atomic E-state index is 13.2. The van der Waals surface area contributed by atoms with Crippen LogP contribution in [0.2, 0.25) is 0 Å². The van der Waals surface area contributed by atoms with E-state index in [0.29, 0.717) is 17.1 Å². The van der Waals surface area contributed by atoms with Crippen molar-refractivity contribution in [3.05, 3.63) is 54.9 Å². The Bertz CT molecular complexity index is 1080. The first kappa shape index (κ1) is 30.8. The van der Waals surface area contributed by atoms with Gasteiger partial charge in [-0.25, -0.2) is 0 Å². The lowest BCUT2D eigenvalue weighted by Gasteiger charge is -2.24. The molecule has 5 heteroatoms. The van der Waals surface area contributed by atoms with Crippen molar-refractivity contribution in [1.29, 1.82) is 0 Å². The Morgan fingerprint density at radius 2 is 1.34 bits per heavy atom. The van der Waals surface area contributed by atoms with E-state index in [0.717, 1.165) is 43.1 Å². The highest BCUT2D eigenvalue weighted by molar-refractivity contribution is 8.06. The number of carbonyl (C=O) groups excluding carboxylic acids is 1. The van der Waals surface area contributed by atoms with Crippen molar-refractivity contribution in [3.8, 4) is 5.06 Å². The van der Waals surface area contributed by atoms with E-state index in [4.69, 9.17) is 4.74 Å². The number of thiophene rings is 1. The molecule has 0 aromatic carbocycles. The van der Waals surface area contributed by atoms with Crippen LogP contribution in [-0.4, -0.2) is 17.5 Å². The Labute approximate surface area is 239 Å². The van der Waals surface area contributed by atoms with E-state index < -0.39 is 0 Å². The molecule has 1 unspecified atom stereocenters. The van der Waals surface area contributed by atoms with Crippen LogP contribution in [0.5, 0.6) is 5.06 Å². The summed E-state index contributed by atoms with van der Waals surface area (Å²) < 4.78 is 6.44. The number of rotatable bonds is 16. The molecule has 0 fully saturated rings. The Morgan fingerprint density at radius 1 is 0.789 bits per heavy atom. The highest BCUT2D eigenvalue weighted by atomic mass is 32.2. The monoisotopic (exact) mass is 556 g/mol. The Kier molecular flexibility index (Phi) is 12.3. The topological polar surface area (TPSA) is 46.5 Å². The largest absolute Gasteiger partial charge is 0.506 e. The van der Waals surface area contributed by atoms with Gasteiger partial charge in [-0.15, -0.1) is 0 Å². The maximum atomic E-state index is 13.2. The van der Waals surface area contributed by atoms with Crippen LogP contribution in [0.15, 0.2) is 38.9 Å². The van der Waals surface area contributed by atoms with E-state index in [1.807, 2.05) is 32.9 Å². The van der Waals surface area contributed by atoms with Gasteiger partial charge in [-0.05, 0) is 79.6 Å². The molecule has 2 aliphatic rings. The zero-order valence-corrected chi connectivity index (χ0v) is 26.1. The molecule has 1 atom stereocenters. The summed E-state index contributed by atoms with van der Waals surface area (Å²) in [4.78, 5) is 16.3. The van der Waals surface area contributed by atoms with Crippen LogP contribution in [0, 0.1) is 19.8 Å². The fraction of sp³-hybridized carbons (Fsp3) is 0.606. The lowest BCUT2D eigenvalue weighted by molar-refractivity contribution is -0.111. The number of ether oxygens (including phenoxy) is 1. The van der Waals surface area contributed by atoms with Crippen LogP contribution >= 0.6 is 23.1 Å². The zero-order chi connectivity index (χ0) is 27.7. The summed E-state index contributed by atoms with van der Waals surface area (Å²) in [6.07, 6.45) is 19.5. The second-order valence-electron chi connectivity index (χ2n) is 11.0. The highest BCUT2D eigenvalue weighted by Crippen LogP contribution is 2.47. The van der Waals surface area contributed by atoms with Gasteiger partial charge >= 0.3 is 0 Å². The van der Waals surface area contributed by atoms with Crippen LogP contribution in [-0.2, 0) is 4.79 Å². The number of carbonyl (C=O) groups is 1. The van der Waals surface area contributed by atoms with Gasteiger partial charge < -0.3 is 9.84 Å². The van der Waals surface area contributed by atoms with Gasteiger partial charge in [0.15, 0.2) is 5.06 Å². The van der Waals surface area contributed by atoms with Crippen LogP contribution < -0.4 is 4.74 Å². The second kappa shape index (κ2) is 15.2. The molecule has 0 saturated heterocycles. The average molecular weight is 557 g/mol. The van der Waals surface area contributed by atoms with Crippen LogP contribution in [0.4, 0.5) is 0 Å². The van der Waals surface area contributed by atoms with Crippen molar-refractivity contribution in [2.45, 2.75) is 119 Å². The SMILES string of the molecule is CCCCCCCCC(CCCCCC)COc1sc(C2=C(O)C(=C3C=C(C)SC(C)=C3)C2=O)c(C)c1C. The third kappa shape index (κ3) is 7.91. The van der Waals surface area contributed by atoms with Gasteiger partial charge in [0.1, 0.15) is 5.76 Å². The maximum Gasteiger partial charge on any atom is 0.202 e. The van der Waals surface area contributed by atoms with Gasteiger partial charge in [0.25, 0.3) is 0 Å². The molecule has 0 bridgehead atoms. The number of Topliss-reactive ketones (excluding diaryl/α,β-unsaturated/α-hetero) is 1. The summed E-state index contributed by atoms with van der Waals surface area (Å²) >= 11 is 3.21. The summed E-state index contributed by atoms with van der Waals surface area (Å²) in [6, 6.07) is 0. The fourth-order valence-corrected chi connectivity index (χ4v) is 7.44. The van der Waals surface area contributed by atoms with E-state index in [-0.39, 0.29) is 11.5 Å². The van der Waals surface area contributed by atoms with Crippen molar-refractivity contribution in [1.82, 2.24) is 0 Å². The molecule has 1 aliphatic heterocycles. The van der Waals surface area contributed by atoms with Gasteiger partial charge in [0.05, 0.1) is 17.8 Å². The first-order valence-electron chi connectivity index (χ1n) is 14.8. The molecule has 0 radical (unpaired) electrons. The summed E-state index contributed by atoms with van der Waals surface area (Å²) in [6.45, 7) is 13.5. The molecule has 1 aliphatic carbocycles. The quantitative estimate of drug-likeness (QED) is 0.162. The van der Waals surface area contributed by atoms with E-state index in [1.54, 1.807) is 11.8 Å². The zero-order valence-electron chi connectivity index (χ0n) is 24.5. The molecular formula is C33H48O3S2. The van der Waals surface area contributed by atoms with Crippen molar-refractivity contribution < 1.29 is 14.6 Å². The molecular weight excluding hydrogens is 508 g/mol. The van der Waals surface area contributed by atoms with Gasteiger partial charge in [-0.2, -0.15) is 0 Å². The minimum atomic E-state index is -0.0646. The molecule has 0 spiro atoms. The van der Waals surface area contributed by atoms with Crippen LogP contribution in [0.25, 0.3) is 5.57 Å². The van der Waals surface area contributed by atoms with Crippen LogP contribution in [0.1, 0.15) is 121 Å². The van der Waals surface area contributed by atoms with Crippen molar-refractivity contribution in [2.24, 2.45) is 5.92 Å². The summed E-state index contributed by atoms with van der Waals surface area (Å²) in [5.74, 6) is 0.634. The normalized spacial score (nSPS) is 16.5. The molecule has 38 heavy (non-hydrogen) atoms. The number of hydrogen-bond acceptors (Lipinski definition) is 5. The first-order chi connectivity index (χ1) is 18.3. The van der Waals surface area contributed by atoms with Gasteiger partial charge in [0, 0.05) is 10.4 Å². The number of hydrogen-bond donors (Lipinski definition) is 1. The Hall–Kier alpha value is -1.72. The second-order valence-corrected chi connectivity index (χ2v) is 13.5. The molecule has 0 amide bonds. The van der Waals surface area contributed by atoms with E-state index in [9.17, 15) is 9.90 Å². The number of aliphatic hydroxyl groups excluding tert-OH is 1. The number of aliphatic hydroxyl groups is 1. The average Bonchev–Trinajstić information content (AvgIpc) is 3.14. The summed E-state index contributed by atoms with van der Waals surface area (Å²) in [5.41, 5.74) is 3.83. The molecule has 1 aromatic rings. The van der Waals surface area contributed by atoms with Gasteiger partial charge in [0.2, 0.25) is 5.78 Å². The minimum absolute atomic E-state index is 0.0646. The van der Waals surface area contributed by atoms with E-state index >= 15 is 0 Å². The summed E-state index contributed by atoms with van der Waals surface area (Å²) in [5, 5.41) is 11.9. The molecule has 0 saturated carbocycles. The highest BCUT2D eigenvalue weighted by Gasteiger charge is 2.39. The number of unbranched alkanes of at least 4 members (excludes halogenated alkanes) is 8. The molecule has 2 heterocycles. The summed E-state index contributed by atoms with van der Waals surface area (Å²) in [7, 11) is 0. The predicted molar refractivity (Wildman–Crippen MR) is 166 cm³/mol. The van der Waals surface area contributed by atoms with E-state index in [1.165, 1.54) is 88.4 Å². The van der Waals surface area contributed by atoms with Crippen molar-refractivity contribution in [2.75, 3.05) is 6.61 Å². The molecule has 210 valence electrons. The van der Waals surface area contributed by atoms with Crippen LogP contribution in [0.3, 0.4) is 0 Å². The van der Waals surface area contributed by atoms with Gasteiger partial charge in [-0.1, -0.05) is 101 Å². The Morgan fingerprint density at radius 3 is 1.92 bits per heavy atom. The standard InChI is InChI=1S/C33H48O3S2/c1-7-9-11-13-14-16-18-26(17-15-12-10-8-2)21-36-33-25(6)24(5)32(38-33)29-30(34)28(31(29)35)27-19-22(3)37-23(4)20-27/h19-20,26,34H,7-18,21H2,1-6H3. The molecule has 1 aromatic heterocycles. The van der Waals surface area contributed by atoms with E-state index in [2.05, 4.69) is 20.8 Å². The predicted octanol–water partition coefficient (Wildman–Crippen LogP) is 10.8. The number of thioether (sulfide) groups is 1. The lowest BCUT2D eigenvalue weighted by Crippen LogP contribution is -2.22. The minimum Gasteiger partial charge on any atom is -0.506 e. The first-order valence-corrected chi connectivity index (χ1v) is 16.4. The third-order valence-corrected chi connectivity index (χ3v) is 9.97. The lowest BCUT2D eigenvalue weighted by atomic mass is 9.82. The van der Waals surface area contributed by atoms with Crippen molar-refractivity contribution >= 4 is 34.5 Å². The molecule has 3 rings (SSSR count). The number of ketones is 1. The number of allylic oxidation sites excluding steroid dienone is 7. The van der Waals surface area contributed by atoms with Gasteiger partial charge in [-0.3, -0.25) is 4.79 Å².